The van der Waals surface area contributed by atoms with Crippen LogP contribution in [0.15, 0.2) is 12.1 Å². The Balaban J connectivity index is 2.35. The molecule has 1 aliphatic rings. The molecule has 16 heavy (non-hydrogen) atoms. The first kappa shape index (κ1) is 11.1. The third kappa shape index (κ3) is 2.22. The van der Waals surface area contributed by atoms with Crippen molar-refractivity contribution in [1.82, 2.24) is 0 Å². The first-order valence-electron chi connectivity index (χ1n) is 5.35. The number of benzene rings is 1. The number of fused-ring (bicyclic) bond motifs is 1. The summed E-state index contributed by atoms with van der Waals surface area (Å²) >= 11 is 0. The molecule has 0 bridgehead atoms. The molecule has 2 rings (SSSR count). The zero-order valence-corrected chi connectivity index (χ0v) is 9.53. The summed E-state index contributed by atoms with van der Waals surface area (Å²) < 4.78 is 16.2. The second-order valence-corrected chi connectivity index (χ2v) is 3.88. The molecule has 4 nitrogen and oxygen atoms in total. The van der Waals surface area contributed by atoms with Gasteiger partial charge in [-0.15, -0.1) is 0 Å². The summed E-state index contributed by atoms with van der Waals surface area (Å²) in [5.41, 5.74) is 0.983. The molecule has 1 aromatic rings. The van der Waals surface area contributed by atoms with Gasteiger partial charge in [0.05, 0.1) is 13.2 Å². The van der Waals surface area contributed by atoms with Gasteiger partial charge in [0, 0.05) is 0 Å². The van der Waals surface area contributed by atoms with Gasteiger partial charge >= 0.3 is 0 Å². The van der Waals surface area contributed by atoms with Crippen LogP contribution in [0.4, 0.5) is 0 Å². The average Bonchev–Trinajstić information content (AvgIpc) is 2.27. The predicted octanol–water partition coefficient (Wildman–Crippen LogP) is 1.39. The van der Waals surface area contributed by atoms with Crippen molar-refractivity contribution < 1.29 is 19.3 Å². The maximum absolute atomic E-state index is 9.36. The minimum atomic E-state index is -0.382. The normalized spacial score (nSPS) is 15.7. The van der Waals surface area contributed by atoms with E-state index in [9.17, 15) is 5.11 Å². The van der Waals surface area contributed by atoms with Crippen LogP contribution in [0.25, 0.3) is 0 Å². The minimum Gasteiger partial charge on any atom is -0.493 e. The molecule has 0 fully saturated rings. The van der Waals surface area contributed by atoms with E-state index >= 15 is 0 Å². The van der Waals surface area contributed by atoms with Crippen LogP contribution >= 0.6 is 0 Å². The lowest BCUT2D eigenvalue weighted by atomic mass is 10.1. The standard InChI is InChI=1S/C12H16O4/c1-8(13)5-9-6-10(14-2)12-11(7-9)15-3-4-16-12/h6-8,13H,3-5H2,1-2H3/t8-/m1/s1. The van der Waals surface area contributed by atoms with Gasteiger partial charge < -0.3 is 19.3 Å². The lowest BCUT2D eigenvalue weighted by Crippen LogP contribution is -2.16. The van der Waals surface area contributed by atoms with Crippen LogP contribution < -0.4 is 14.2 Å². The fourth-order valence-electron chi connectivity index (χ4n) is 1.79. The largest absolute Gasteiger partial charge is 0.493 e. The Morgan fingerprint density at radius 2 is 2.12 bits per heavy atom. The van der Waals surface area contributed by atoms with Crippen LogP contribution in [0.2, 0.25) is 0 Å². The molecule has 0 saturated carbocycles. The third-order valence-electron chi connectivity index (χ3n) is 2.42. The Hall–Kier alpha value is -1.42. The van der Waals surface area contributed by atoms with E-state index in [1.165, 1.54) is 0 Å². The number of methoxy groups -OCH3 is 1. The summed E-state index contributed by atoms with van der Waals surface area (Å²) in [6.07, 6.45) is 0.194. The van der Waals surface area contributed by atoms with Crippen molar-refractivity contribution in [2.75, 3.05) is 20.3 Å². The summed E-state index contributed by atoms with van der Waals surface area (Å²) in [5, 5.41) is 9.36. The van der Waals surface area contributed by atoms with Crippen LogP contribution in [-0.2, 0) is 6.42 Å². The van der Waals surface area contributed by atoms with Gasteiger partial charge in [0.1, 0.15) is 13.2 Å². The van der Waals surface area contributed by atoms with Crippen LogP contribution in [0, 0.1) is 0 Å². The Kier molecular flexibility index (Phi) is 3.19. The van der Waals surface area contributed by atoms with E-state index < -0.39 is 0 Å². The Morgan fingerprint density at radius 1 is 1.38 bits per heavy atom. The highest BCUT2D eigenvalue weighted by Crippen LogP contribution is 2.40. The minimum absolute atomic E-state index is 0.382. The number of hydrogen-bond donors (Lipinski definition) is 1. The SMILES string of the molecule is COc1cc(C[C@@H](C)O)cc2c1OCCO2. The quantitative estimate of drug-likeness (QED) is 0.842. The summed E-state index contributed by atoms with van der Waals surface area (Å²) in [6.45, 7) is 2.84. The van der Waals surface area contributed by atoms with Gasteiger partial charge in [-0.25, -0.2) is 0 Å². The summed E-state index contributed by atoms with van der Waals surface area (Å²) in [7, 11) is 1.60. The van der Waals surface area contributed by atoms with Crippen molar-refractivity contribution in [1.29, 1.82) is 0 Å². The molecule has 4 heteroatoms. The molecule has 1 atom stereocenters. The zero-order chi connectivity index (χ0) is 11.5. The highest BCUT2D eigenvalue weighted by Gasteiger charge is 2.18. The Labute approximate surface area is 94.8 Å². The first-order chi connectivity index (χ1) is 7.70. The van der Waals surface area contributed by atoms with Gasteiger partial charge in [-0.3, -0.25) is 0 Å². The molecule has 0 aromatic heterocycles. The molecule has 1 heterocycles. The van der Waals surface area contributed by atoms with E-state index in [0.717, 1.165) is 5.56 Å². The number of rotatable bonds is 3. The van der Waals surface area contributed by atoms with Gasteiger partial charge in [0.15, 0.2) is 11.5 Å². The first-order valence-corrected chi connectivity index (χ1v) is 5.35. The van der Waals surface area contributed by atoms with Crippen molar-refractivity contribution >= 4 is 0 Å². The average molecular weight is 224 g/mol. The van der Waals surface area contributed by atoms with E-state index in [2.05, 4.69) is 0 Å². The van der Waals surface area contributed by atoms with Gasteiger partial charge in [-0.05, 0) is 31.0 Å². The maximum atomic E-state index is 9.36. The second kappa shape index (κ2) is 4.61. The fraction of sp³-hybridized carbons (Fsp3) is 0.500. The van der Waals surface area contributed by atoms with Crippen molar-refractivity contribution in [2.45, 2.75) is 19.4 Å². The van der Waals surface area contributed by atoms with E-state index in [1.807, 2.05) is 12.1 Å². The topological polar surface area (TPSA) is 47.9 Å². The molecular formula is C12H16O4. The van der Waals surface area contributed by atoms with E-state index in [4.69, 9.17) is 14.2 Å². The molecule has 0 aliphatic carbocycles. The van der Waals surface area contributed by atoms with Gasteiger partial charge in [-0.2, -0.15) is 0 Å². The zero-order valence-electron chi connectivity index (χ0n) is 9.53. The van der Waals surface area contributed by atoms with E-state index in [0.29, 0.717) is 36.9 Å². The second-order valence-electron chi connectivity index (χ2n) is 3.88. The van der Waals surface area contributed by atoms with Crippen molar-refractivity contribution in [3.8, 4) is 17.2 Å². The summed E-state index contributed by atoms with van der Waals surface area (Å²) in [4.78, 5) is 0. The number of hydrogen-bond acceptors (Lipinski definition) is 4. The Bertz CT molecular complexity index is 356. The molecular weight excluding hydrogens is 208 g/mol. The number of ether oxygens (including phenoxy) is 3. The number of aliphatic hydroxyl groups is 1. The molecule has 1 aromatic carbocycles. The molecule has 1 aliphatic heterocycles. The van der Waals surface area contributed by atoms with Crippen LogP contribution in [0.1, 0.15) is 12.5 Å². The molecule has 0 spiro atoms. The van der Waals surface area contributed by atoms with E-state index in [-0.39, 0.29) is 6.10 Å². The lowest BCUT2D eigenvalue weighted by Gasteiger charge is -2.21. The van der Waals surface area contributed by atoms with Crippen molar-refractivity contribution in [3.05, 3.63) is 17.7 Å². The maximum Gasteiger partial charge on any atom is 0.203 e. The molecule has 0 saturated heterocycles. The highest BCUT2D eigenvalue weighted by molar-refractivity contribution is 5.54. The molecule has 0 amide bonds. The van der Waals surface area contributed by atoms with Gasteiger partial charge in [-0.1, -0.05) is 0 Å². The molecule has 1 N–H and O–H groups in total. The van der Waals surface area contributed by atoms with E-state index in [1.54, 1.807) is 14.0 Å². The van der Waals surface area contributed by atoms with Crippen LogP contribution in [0.5, 0.6) is 17.2 Å². The van der Waals surface area contributed by atoms with Crippen LogP contribution in [0.3, 0.4) is 0 Å². The predicted molar refractivity (Wildman–Crippen MR) is 59.4 cm³/mol. The molecule has 0 unspecified atom stereocenters. The highest BCUT2D eigenvalue weighted by atomic mass is 16.6. The van der Waals surface area contributed by atoms with Crippen molar-refractivity contribution in [3.63, 3.8) is 0 Å². The number of aliphatic hydroxyl groups excluding tert-OH is 1. The lowest BCUT2D eigenvalue weighted by molar-refractivity contribution is 0.164. The Morgan fingerprint density at radius 3 is 2.81 bits per heavy atom. The van der Waals surface area contributed by atoms with Crippen LogP contribution in [-0.4, -0.2) is 31.5 Å². The monoisotopic (exact) mass is 224 g/mol. The summed E-state index contributed by atoms with van der Waals surface area (Å²) in [5.74, 6) is 2.01. The molecule has 88 valence electrons. The smallest absolute Gasteiger partial charge is 0.203 e. The molecule has 0 radical (unpaired) electrons. The van der Waals surface area contributed by atoms with Gasteiger partial charge in [0.25, 0.3) is 0 Å². The fourth-order valence-corrected chi connectivity index (χ4v) is 1.79. The van der Waals surface area contributed by atoms with Gasteiger partial charge in [0.2, 0.25) is 5.75 Å². The third-order valence-corrected chi connectivity index (χ3v) is 2.42. The summed E-state index contributed by atoms with van der Waals surface area (Å²) in [6, 6.07) is 3.77. The van der Waals surface area contributed by atoms with Crippen molar-refractivity contribution in [2.24, 2.45) is 0 Å².